The van der Waals surface area contributed by atoms with Crippen molar-refractivity contribution in [2.75, 3.05) is 13.1 Å². The van der Waals surface area contributed by atoms with E-state index in [1.807, 2.05) is 0 Å². The summed E-state index contributed by atoms with van der Waals surface area (Å²) in [7, 11) is -3.53. The normalized spacial score (nSPS) is 17.7. The minimum absolute atomic E-state index is 0.128. The second-order valence-corrected chi connectivity index (χ2v) is 9.29. The first-order valence-electron chi connectivity index (χ1n) is 7.53. The summed E-state index contributed by atoms with van der Waals surface area (Å²) in [5.74, 6) is -0.296. The van der Waals surface area contributed by atoms with Gasteiger partial charge in [-0.3, -0.25) is 4.79 Å². The molecule has 4 nitrogen and oxygen atoms in total. The van der Waals surface area contributed by atoms with E-state index in [4.69, 9.17) is 34.8 Å². The van der Waals surface area contributed by atoms with Crippen LogP contribution >= 0.6 is 34.8 Å². The van der Waals surface area contributed by atoms with Crippen LogP contribution < -0.4 is 0 Å². The van der Waals surface area contributed by atoms with Crippen molar-refractivity contribution in [3.8, 4) is 0 Å². The molecule has 8 heteroatoms. The van der Waals surface area contributed by atoms with Gasteiger partial charge in [0.2, 0.25) is 0 Å². The lowest BCUT2D eigenvalue weighted by Crippen LogP contribution is -2.32. The number of nitrogens with zero attached hydrogens (tertiary/aromatic N) is 1. The van der Waals surface area contributed by atoms with Gasteiger partial charge in [-0.1, -0.05) is 34.8 Å². The van der Waals surface area contributed by atoms with E-state index in [1.54, 1.807) is 24.3 Å². The van der Waals surface area contributed by atoms with E-state index >= 15 is 0 Å². The quantitative estimate of drug-likeness (QED) is 0.745. The number of hydrogen-bond donors (Lipinski definition) is 0. The molecule has 1 aliphatic rings. The van der Waals surface area contributed by atoms with Gasteiger partial charge in [-0.2, -0.15) is 0 Å². The van der Waals surface area contributed by atoms with Gasteiger partial charge in [-0.05, 0) is 48.9 Å². The number of amides is 1. The number of hydrogen-bond acceptors (Lipinski definition) is 3. The molecule has 0 N–H and O–H groups in total. The molecule has 1 atom stereocenters. The van der Waals surface area contributed by atoms with Crippen molar-refractivity contribution in [1.82, 2.24) is 4.90 Å². The van der Waals surface area contributed by atoms with Crippen LogP contribution in [0.15, 0.2) is 47.4 Å². The van der Waals surface area contributed by atoms with Crippen LogP contribution in [0.4, 0.5) is 0 Å². The number of carbonyl (C=O) groups is 1. The van der Waals surface area contributed by atoms with E-state index in [1.165, 1.54) is 23.1 Å². The van der Waals surface area contributed by atoms with Crippen molar-refractivity contribution >= 4 is 50.5 Å². The second kappa shape index (κ2) is 7.16. The lowest BCUT2D eigenvalue weighted by atomic mass is 10.2. The molecule has 25 heavy (non-hydrogen) atoms. The summed E-state index contributed by atoms with van der Waals surface area (Å²) < 4.78 is 25.5. The monoisotopic (exact) mass is 417 g/mol. The SMILES string of the molecule is O=C(c1ccc(Cl)cc1Cl)N1CCC(S(=O)(=O)c2ccc(Cl)cc2)C1. The van der Waals surface area contributed by atoms with Gasteiger partial charge in [0.05, 0.1) is 20.7 Å². The maximum atomic E-state index is 12.7. The maximum Gasteiger partial charge on any atom is 0.255 e. The third-order valence-corrected chi connectivity index (χ3v) is 7.17. The molecule has 1 amide bonds. The molecule has 0 aromatic heterocycles. The predicted octanol–water partition coefficient (Wildman–Crippen LogP) is 4.34. The van der Waals surface area contributed by atoms with Crippen molar-refractivity contribution in [3.63, 3.8) is 0 Å². The fraction of sp³-hybridized carbons (Fsp3) is 0.235. The molecule has 0 spiro atoms. The smallest absolute Gasteiger partial charge is 0.255 e. The fourth-order valence-electron chi connectivity index (χ4n) is 2.82. The van der Waals surface area contributed by atoms with Crippen LogP contribution in [0.1, 0.15) is 16.8 Å². The fourth-order valence-corrected chi connectivity index (χ4v) is 5.12. The van der Waals surface area contributed by atoms with Crippen LogP contribution in [-0.4, -0.2) is 37.6 Å². The molecule has 1 heterocycles. The van der Waals surface area contributed by atoms with E-state index in [0.717, 1.165) is 0 Å². The highest BCUT2D eigenvalue weighted by Gasteiger charge is 2.36. The molecule has 2 aromatic carbocycles. The Morgan fingerprint density at radius 3 is 2.28 bits per heavy atom. The summed E-state index contributed by atoms with van der Waals surface area (Å²) in [6, 6.07) is 10.7. The molecule has 1 unspecified atom stereocenters. The van der Waals surface area contributed by atoms with E-state index in [-0.39, 0.29) is 22.4 Å². The minimum atomic E-state index is -3.53. The molecular formula is C17H14Cl3NO3S. The van der Waals surface area contributed by atoms with Crippen LogP contribution in [0.3, 0.4) is 0 Å². The molecule has 1 aliphatic heterocycles. The molecule has 1 saturated heterocycles. The summed E-state index contributed by atoms with van der Waals surface area (Å²) in [5.41, 5.74) is 0.315. The number of halogens is 3. The zero-order valence-electron chi connectivity index (χ0n) is 13.0. The third kappa shape index (κ3) is 3.80. The second-order valence-electron chi connectivity index (χ2n) is 5.78. The van der Waals surface area contributed by atoms with Crippen molar-refractivity contribution in [2.45, 2.75) is 16.6 Å². The van der Waals surface area contributed by atoms with Crippen molar-refractivity contribution in [3.05, 3.63) is 63.1 Å². The van der Waals surface area contributed by atoms with E-state index in [9.17, 15) is 13.2 Å². The van der Waals surface area contributed by atoms with Crippen LogP contribution in [0, 0.1) is 0 Å². The zero-order valence-corrected chi connectivity index (χ0v) is 16.0. The highest BCUT2D eigenvalue weighted by Crippen LogP contribution is 2.28. The van der Waals surface area contributed by atoms with Gasteiger partial charge in [0, 0.05) is 23.1 Å². The molecule has 132 valence electrons. The number of sulfone groups is 1. The molecule has 1 fully saturated rings. The summed E-state index contributed by atoms with van der Waals surface area (Å²) in [4.78, 5) is 14.3. The first kappa shape index (κ1) is 18.5. The topological polar surface area (TPSA) is 54.5 Å². The molecular weight excluding hydrogens is 405 g/mol. The number of carbonyl (C=O) groups excluding carboxylic acids is 1. The van der Waals surface area contributed by atoms with Crippen molar-refractivity contribution in [1.29, 1.82) is 0 Å². The van der Waals surface area contributed by atoms with Gasteiger partial charge in [0.25, 0.3) is 5.91 Å². The summed E-state index contributed by atoms with van der Waals surface area (Å²) in [6.07, 6.45) is 0.377. The number of rotatable bonds is 3. The zero-order chi connectivity index (χ0) is 18.2. The average molecular weight is 419 g/mol. The van der Waals surface area contributed by atoms with Gasteiger partial charge in [0.1, 0.15) is 0 Å². The van der Waals surface area contributed by atoms with Crippen LogP contribution in [0.2, 0.25) is 15.1 Å². The Labute approximate surface area is 161 Å². The molecule has 3 rings (SSSR count). The standard InChI is InChI=1S/C17H14Cl3NO3S/c18-11-1-4-13(5-2-11)25(23,24)14-7-8-21(10-14)17(22)15-6-3-12(19)9-16(15)20/h1-6,9,14H,7-8,10H2. The largest absolute Gasteiger partial charge is 0.337 e. The third-order valence-electron chi connectivity index (χ3n) is 4.17. The Morgan fingerprint density at radius 1 is 1.00 bits per heavy atom. The van der Waals surface area contributed by atoms with Gasteiger partial charge in [-0.25, -0.2) is 8.42 Å². The summed E-state index contributed by atoms with van der Waals surface area (Å²) in [6.45, 7) is 0.484. The van der Waals surface area contributed by atoms with E-state index < -0.39 is 15.1 Å². The van der Waals surface area contributed by atoms with Crippen molar-refractivity contribution < 1.29 is 13.2 Å². The molecule has 0 aliphatic carbocycles. The average Bonchev–Trinajstić information content (AvgIpc) is 3.05. The number of likely N-dealkylation sites (tertiary alicyclic amines) is 1. The van der Waals surface area contributed by atoms with Gasteiger partial charge < -0.3 is 4.90 Å². The Morgan fingerprint density at radius 2 is 1.64 bits per heavy atom. The molecule has 0 radical (unpaired) electrons. The van der Waals surface area contributed by atoms with Crippen molar-refractivity contribution in [2.24, 2.45) is 0 Å². The van der Waals surface area contributed by atoms with Crippen LogP contribution in [0.5, 0.6) is 0 Å². The van der Waals surface area contributed by atoms with Crippen LogP contribution in [0.25, 0.3) is 0 Å². The summed E-state index contributed by atoms with van der Waals surface area (Å²) in [5, 5.41) is 0.510. The molecule has 0 bridgehead atoms. The Kier molecular flexibility index (Phi) is 5.30. The summed E-state index contributed by atoms with van der Waals surface area (Å²) >= 11 is 17.7. The van der Waals surface area contributed by atoms with Gasteiger partial charge in [-0.15, -0.1) is 0 Å². The lowest BCUT2D eigenvalue weighted by molar-refractivity contribution is 0.0793. The first-order chi connectivity index (χ1) is 11.8. The van der Waals surface area contributed by atoms with E-state index in [2.05, 4.69) is 0 Å². The van der Waals surface area contributed by atoms with Gasteiger partial charge in [0.15, 0.2) is 9.84 Å². The Bertz CT molecular complexity index is 913. The Balaban J connectivity index is 1.79. The molecule has 2 aromatic rings. The van der Waals surface area contributed by atoms with Gasteiger partial charge >= 0.3 is 0 Å². The lowest BCUT2D eigenvalue weighted by Gasteiger charge is -2.17. The van der Waals surface area contributed by atoms with E-state index in [0.29, 0.717) is 28.6 Å². The highest BCUT2D eigenvalue weighted by atomic mass is 35.5. The van der Waals surface area contributed by atoms with Crippen LogP contribution in [-0.2, 0) is 9.84 Å². The number of benzene rings is 2. The maximum absolute atomic E-state index is 12.7. The predicted molar refractivity (Wildman–Crippen MR) is 99.4 cm³/mol. The highest BCUT2D eigenvalue weighted by molar-refractivity contribution is 7.92. The minimum Gasteiger partial charge on any atom is -0.337 e. The Hall–Kier alpha value is -1.27. The molecule has 0 saturated carbocycles. The first-order valence-corrected chi connectivity index (χ1v) is 10.2.